The number of carboxylic acid groups (broad SMARTS) is 1. The summed E-state index contributed by atoms with van der Waals surface area (Å²) in [5.74, 6) is -2.02. The molecule has 12 heteroatoms. The van der Waals surface area contributed by atoms with E-state index >= 15 is 0 Å². The van der Waals surface area contributed by atoms with Gasteiger partial charge in [-0.2, -0.15) is 0 Å². The molecule has 3 aliphatic heterocycles. The summed E-state index contributed by atoms with van der Waals surface area (Å²) in [6.07, 6.45) is 1.28. The Morgan fingerprint density at radius 2 is 1.88 bits per heavy atom. The molecule has 2 atom stereocenters. The fourth-order valence-corrected chi connectivity index (χ4v) is 5.02. The molecule has 1 aromatic carbocycles. The lowest BCUT2D eigenvalue weighted by atomic mass is 10.0. The molecule has 4 heterocycles. The van der Waals surface area contributed by atoms with Crippen LogP contribution in [0.25, 0.3) is 11.6 Å². The van der Waals surface area contributed by atoms with Crippen molar-refractivity contribution in [3.8, 4) is 0 Å². The highest BCUT2D eigenvalue weighted by Gasteiger charge is 2.30. The van der Waals surface area contributed by atoms with Crippen molar-refractivity contribution < 1.29 is 38.8 Å². The molecule has 1 fully saturated rings. The van der Waals surface area contributed by atoms with Crippen molar-refractivity contribution in [3.05, 3.63) is 52.1 Å². The Labute approximate surface area is 231 Å². The van der Waals surface area contributed by atoms with Crippen LogP contribution in [-0.4, -0.2) is 106 Å². The van der Waals surface area contributed by atoms with Crippen LogP contribution in [0.3, 0.4) is 0 Å². The third kappa shape index (κ3) is 6.76. The number of aromatic amines is 1. The Balaban J connectivity index is 0.000000557. The van der Waals surface area contributed by atoms with E-state index < -0.39 is 24.0 Å². The largest absolute Gasteiger partial charge is 0.479 e. The predicted octanol–water partition coefficient (Wildman–Crippen LogP) is 1.49. The van der Waals surface area contributed by atoms with Gasteiger partial charge in [0, 0.05) is 55.4 Å². The number of nitrogens with zero attached hydrogens (tertiary/aromatic N) is 2. The van der Waals surface area contributed by atoms with Crippen molar-refractivity contribution in [2.24, 2.45) is 0 Å². The number of aromatic nitrogens is 1. The van der Waals surface area contributed by atoms with E-state index in [4.69, 9.17) is 14.9 Å². The summed E-state index contributed by atoms with van der Waals surface area (Å²) in [4.78, 5) is 42.6. The number of aliphatic carboxylic acids is 1. The number of morpholine rings is 1. The van der Waals surface area contributed by atoms with E-state index in [1.165, 1.54) is 19.1 Å². The van der Waals surface area contributed by atoms with Gasteiger partial charge in [-0.1, -0.05) is 0 Å². The van der Waals surface area contributed by atoms with Crippen LogP contribution < -0.4 is 5.32 Å². The van der Waals surface area contributed by atoms with E-state index in [1.54, 1.807) is 17.0 Å². The van der Waals surface area contributed by atoms with Gasteiger partial charge in [-0.3, -0.25) is 14.5 Å². The molecule has 0 aliphatic carbocycles. The summed E-state index contributed by atoms with van der Waals surface area (Å²) in [6, 6.07) is 4.19. The second-order valence-corrected chi connectivity index (χ2v) is 10.2. The normalized spacial score (nSPS) is 19.7. The van der Waals surface area contributed by atoms with Gasteiger partial charge in [-0.25, -0.2) is 9.18 Å². The van der Waals surface area contributed by atoms with Crippen LogP contribution in [0.4, 0.5) is 10.1 Å². The van der Waals surface area contributed by atoms with Gasteiger partial charge in [-0.05, 0) is 56.5 Å². The zero-order valence-corrected chi connectivity index (χ0v) is 22.6. The first-order chi connectivity index (χ1) is 19.0. The van der Waals surface area contributed by atoms with Gasteiger partial charge in [-0.15, -0.1) is 0 Å². The van der Waals surface area contributed by atoms with Crippen LogP contribution in [0.2, 0.25) is 0 Å². The van der Waals surface area contributed by atoms with Gasteiger partial charge in [0.15, 0.2) is 0 Å². The minimum Gasteiger partial charge on any atom is -0.479 e. The molecule has 0 bridgehead atoms. The summed E-state index contributed by atoms with van der Waals surface area (Å²) in [7, 11) is 0. The number of hydrogen-bond donors (Lipinski definition) is 5. The molecule has 40 heavy (non-hydrogen) atoms. The molecule has 5 N–H and O–H groups in total. The number of H-pyrrole nitrogens is 1. The van der Waals surface area contributed by atoms with Crippen molar-refractivity contribution in [2.45, 2.75) is 38.9 Å². The maximum Gasteiger partial charge on any atom is 0.332 e. The van der Waals surface area contributed by atoms with E-state index in [9.17, 15) is 23.9 Å². The molecule has 0 spiro atoms. The number of hydrogen-bond acceptors (Lipinski definition) is 7. The zero-order valence-electron chi connectivity index (χ0n) is 22.6. The lowest BCUT2D eigenvalue weighted by molar-refractivity contribution is -0.145. The first-order valence-electron chi connectivity index (χ1n) is 13.3. The first kappa shape index (κ1) is 29.4. The van der Waals surface area contributed by atoms with Crippen molar-refractivity contribution in [2.75, 3.05) is 51.3 Å². The molecule has 0 radical (unpaired) electrons. The molecular formula is C28H35FN4O7. The molecule has 1 saturated heterocycles. The summed E-state index contributed by atoms with van der Waals surface area (Å²) < 4.78 is 19.2. The second-order valence-electron chi connectivity index (χ2n) is 10.2. The topological polar surface area (TPSA) is 155 Å². The number of carbonyl (C=O) groups is 3. The Morgan fingerprint density at radius 3 is 2.55 bits per heavy atom. The highest BCUT2D eigenvalue weighted by atomic mass is 19.1. The number of carboxylic acids is 1. The lowest BCUT2D eigenvalue weighted by Crippen LogP contribution is -2.46. The standard InChI is InChI=1S/C25H29FN4O4.C3H6O3/c1-15-22(12-19-18-11-16(26)4-5-20(18)28-24(19)32)27-21-3-2-6-30(25(33)23(15)21)14-17(31)13-29-7-9-34-10-8-29;1-2(4)3(5)6/h4-5,11-12,17,27,31H,2-3,6-10,13-14H2,1H3,(H,28,32);2,4H,1H3,(H,5,6)/b19-12-;/t17-;/m1./s1. The lowest BCUT2D eigenvalue weighted by Gasteiger charge is -2.31. The summed E-state index contributed by atoms with van der Waals surface area (Å²) in [5, 5.41) is 29.2. The molecule has 1 aromatic heterocycles. The number of carbonyl (C=O) groups excluding carboxylic acids is 2. The number of fused-ring (bicyclic) bond motifs is 2. The van der Waals surface area contributed by atoms with E-state index in [2.05, 4.69) is 15.2 Å². The smallest absolute Gasteiger partial charge is 0.332 e. The van der Waals surface area contributed by atoms with Gasteiger partial charge in [0.25, 0.3) is 11.8 Å². The number of aryl methyl sites for hydroxylation is 1. The van der Waals surface area contributed by atoms with Crippen LogP contribution in [0.15, 0.2) is 18.2 Å². The van der Waals surface area contributed by atoms with Crippen molar-refractivity contribution in [1.82, 2.24) is 14.8 Å². The van der Waals surface area contributed by atoms with E-state index in [1.807, 2.05) is 6.92 Å². The highest BCUT2D eigenvalue weighted by molar-refractivity contribution is 6.34. The first-order valence-corrected chi connectivity index (χ1v) is 13.3. The fourth-order valence-electron chi connectivity index (χ4n) is 5.02. The van der Waals surface area contributed by atoms with Crippen LogP contribution in [0, 0.1) is 12.7 Å². The average molecular weight is 559 g/mol. The van der Waals surface area contributed by atoms with Crippen molar-refractivity contribution in [3.63, 3.8) is 0 Å². The fraction of sp³-hybridized carbons (Fsp3) is 0.464. The molecular weight excluding hydrogens is 523 g/mol. The van der Waals surface area contributed by atoms with Gasteiger partial charge >= 0.3 is 5.97 Å². The molecule has 5 rings (SSSR count). The van der Waals surface area contributed by atoms with E-state index in [0.29, 0.717) is 60.8 Å². The summed E-state index contributed by atoms with van der Waals surface area (Å²) in [5.41, 5.74) is 4.28. The minimum atomic E-state index is -1.23. The van der Waals surface area contributed by atoms with Crippen molar-refractivity contribution >= 4 is 35.1 Å². The maximum absolute atomic E-state index is 13.8. The Bertz CT molecular complexity index is 1300. The van der Waals surface area contributed by atoms with Crippen LogP contribution >= 0.6 is 0 Å². The maximum atomic E-state index is 13.8. The summed E-state index contributed by atoms with van der Waals surface area (Å²) >= 11 is 0. The minimum absolute atomic E-state index is 0.116. The number of β-amino-alcohol motifs (C(OH)–C–C–N with tert-alkyl or cyclic N) is 1. The van der Waals surface area contributed by atoms with Crippen LogP contribution in [0.1, 0.15) is 46.2 Å². The molecule has 0 saturated carbocycles. The number of nitrogens with one attached hydrogen (secondary N) is 2. The highest BCUT2D eigenvalue weighted by Crippen LogP contribution is 2.35. The number of aliphatic hydroxyl groups is 2. The summed E-state index contributed by atoms with van der Waals surface area (Å²) in [6.45, 7) is 7.29. The third-order valence-corrected chi connectivity index (χ3v) is 7.14. The quantitative estimate of drug-likeness (QED) is 0.334. The number of amides is 2. The van der Waals surface area contributed by atoms with Crippen LogP contribution in [0.5, 0.6) is 0 Å². The SMILES string of the molecule is CC(O)C(=O)O.Cc1c(/C=C2\C(=O)Nc3ccc(F)cc32)[nH]c2c1C(=O)N(C[C@H](O)CN1CCOCC1)CCC2. The van der Waals surface area contributed by atoms with Crippen LogP contribution in [-0.2, 0) is 20.7 Å². The molecule has 2 amide bonds. The van der Waals surface area contributed by atoms with Gasteiger partial charge in [0.05, 0.1) is 30.5 Å². The Morgan fingerprint density at radius 1 is 1.18 bits per heavy atom. The number of aliphatic hydroxyl groups excluding tert-OH is 2. The van der Waals surface area contributed by atoms with Gasteiger partial charge in [0.2, 0.25) is 0 Å². The molecule has 1 unspecified atom stereocenters. The molecule has 216 valence electrons. The molecule has 2 aromatic rings. The Hall–Kier alpha value is -3.58. The molecule has 11 nitrogen and oxygen atoms in total. The van der Waals surface area contributed by atoms with Crippen molar-refractivity contribution in [1.29, 1.82) is 0 Å². The number of anilines is 1. The van der Waals surface area contributed by atoms with Gasteiger partial charge in [0.1, 0.15) is 11.9 Å². The predicted molar refractivity (Wildman–Crippen MR) is 145 cm³/mol. The monoisotopic (exact) mass is 558 g/mol. The number of ether oxygens (including phenoxy) is 1. The number of benzene rings is 1. The van der Waals surface area contributed by atoms with Gasteiger partial charge < -0.3 is 35.3 Å². The zero-order chi connectivity index (χ0) is 29.0. The molecule has 3 aliphatic rings. The third-order valence-electron chi connectivity index (χ3n) is 7.14. The number of halogens is 1. The van der Waals surface area contributed by atoms with E-state index in [0.717, 1.165) is 30.8 Å². The number of rotatable bonds is 6. The second kappa shape index (κ2) is 12.7. The Kier molecular flexibility index (Phi) is 9.36. The van der Waals surface area contributed by atoms with E-state index in [-0.39, 0.29) is 18.4 Å². The average Bonchev–Trinajstić information content (AvgIpc) is 3.33.